The summed E-state index contributed by atoms with van der Waals surface area (Å²) in [5.74, 6) is -0.670. The number of nitrogens with zero attached hydrogens (tertiary/aromatic N) is 2. The van der Waals surface area contributed by atoms with E-state index in [0.29, 0.717) is 0 Å². The molecule has 116 valence electrons. The van der Waals surface area contributed by atoms with Gasteiger partial charge >= 0.3 is 6.61 Å². The summed E-state index contributed by atoms with van der Waals surface area (Å²) in [6.07, 6.45) is 0. The number of amides is 1. The van der Waals surface area contributed by atoms with Crippen molar-refractivity contribution >= 4 is 11.7 Å². The van der Waals surface area contributed by atoms with Gasteiger partial charge in [0.25, 0.3) is 5.91 Å². The van der Waals surface area contributed by atoms with Gasteiger partial charge in [-0.3, -0.25) is 4.79 Å². The van der Waals surface area contributed by atoms with E-state index in [0.717, 1.165) is 0 Å². The quantitative estimate of drug-likeness (QED) is 0.363. The van der Waals surface area contributed by atoms with Crippen LogP contribution < -0.4 is 10.5 Å². The van der Waals surface area contributed by atoms with Crippen molar-refractivity contribution in [3.05, 3.63) is 29.8 Å². The Balaban J connectivity index is 2.98. The van der Waals surface area contributed by atoms with Crippen LogP contribution in [0.1, 0.15) is 24.2 Å². The third-order valence-corrected chi connectivity index (χ3v) is 2.65. The minimum Gasteiger partial charge on any atom is -0.435 e. The Morgan fingerprint density at radius 3 is 2.67 bits per heavy atom. The maximum absolute atomic E-state index is 12.4. The first-order valence-corrected chi connectivity index (χ1v) is 6.17. The van der Waals surface area contributed by atoms with Crippen molar-refractivity contribution in [2.45, 2.75) is 26.5 Å². The van der Waals surface area contributed by atoms with Gasteiger partial charge in [0.2, 0.25) is 0 Å². The Hall–Kier alpha value is -2.38. The number of amidine groups is 1. The van der Waals surface area contributed by atoms with Crippen LogP contribution in [0.3, 0.4) is 0 Å². The van der Waals surface area contributed by atoms with Gasteiger partial charge in [0.15, 0.2) is 5.84 Å². The van der Waals surface area contributed by atoms with E-state index in [1.807, 2.05) is 0 Å². The van der Waals surface area contributed by atoms with E-state index in [9.17, 15) is 13.6 Å². The van der Waals surface area contributed by atoms with Gasteiger partial charge in [-0.2, -0.15) is 8.78 Å². The molecule has 3 N–H and O–H groups in total. The summed E-state index contributed by atoms with van der Waals surface area (Å²) in [5.41, 5.74) is 5.58. The average molecular weight is 301 g/mol. The molecular formula is C13H17F2N3O3. The molecule has 21 heavy (non-hydrogen) atoms. The second kappa shape index (κ2) is 7.41. The molecule has 0 bridgehead atoms. The predicted molar refractivity (Wildman–Crippen MR) is 72.7 cm³/mol. The van der Waals surface area contributed by atoms with Gasteiger partial charge in [-0.15, -0.1) is 0 Å². The zero-order chi connectivity index (χ0) is 16.0. The van der Waals surface area contributed by atoms with Crippen LogP contribution in [0.4, 0.5) is 8.78 Å². The van der Waals surface area contributed by atoms with Gasteiger partial charge in [0.05, 0.1) is 6.54 Å². The van der Waals surface area contributed by atoms with Crippen LogP contribution in [0.25, 0.3) is 0 Å². The second-order valence-corrected chi connectivity index (χ2v) is 4.52. The van der Waals surface area contributed by atoms with Crippen LogP contribution in [-0.2, 0) is 0 Å². The first-order valence-electron chi connectivity index (χ1n) is 6.17. The van der Waals surface area contributed by atoms with Crippen LogP contribution in [0.15, 0.2) is 29.4 Å². The van der Waals surface area contributed by atoms with Crippen molar-refractivity contribution in [2.75, 3.05) is 6.54 Å². The Morgan fingerprint density at radius 2 is 2.14 bits per heavy atom. The maximum Gasteiger partial charge on any atom is 0.387 e. The largest absolute Gasteiger partial charge is 0.435 e. The third kappa shape index (κ3) is 4.90. The molecular weight excluding hydrogens is 284 g/mol. The highest BCUT2D eigenvalue weighted by molar-refractivity contribution is 5.97. The molecule has 1 aromatic rings. The first kappa shape index (κ1) is 16.7. The normalized spacial score (nSPS) is 11.8. The number of ether oxygens (including phenoxy) is 1. The minimum absolute atomic E-state index is 0.0765. The first-order chi connectivity index (χ1) is 9.85. The van der Waals surface area contributed by atoms with Crippen LogP contribution in [0.5, 0.6) is 5.75 Å². The summed E-state index contributed by atoms with van der Waals surface area (Å²) in [5, 5.41) is 11.4. The molecule has 0 heterocycles. The van der Waals surface area contributed by atoms with Crippen LogP contribution in [0, 0.1) is 0 Å². The lowest BCUT2D eigenvalue weighted by molar-refractivity contribution is -0.0499. The Kier molecular flexibility index (Phi) is 5.89. The molecule has 0 aliphatic rings. The number of alkyl halides is 2. The fourth-order valence-corrected chi connectivity index (χ4v) is 1.67. The fourth-order valence-electron chi connectivity index (χ4n) is 1.67. The van der Waals surface area contributed by atoms with Gasteiger partial charge in [-0.25, -0.2) is 0 Å². The van der Waals surface area contributed by atoms with Crippen molar-refractivity contribution in [1.82, 2.24) is 4.90 Å². The molecule has 0 aliphatic heterocycles. The molecule has 8 heteroatoms. The molecule has 0 saturated heterocycles. The Morgan fingerprint density at radius 1 is 1.48 bits per heavy atom. The number of rotatable bonds is 6. The Bertz CT molecular complexity index is 521. The van der Waals surface area contributed by atoms with E-state index in [-0.39, 0.29) is 29.7 Å². The van der Waals surface area contributed by atoms with Crippen molar-refractivity contribution in [1.29, 1.82) is 0 Å². The second-order valence-electron chi connectivity index (χ2n) is 4.52. The van der Waals surface area contributed by atoms with Crippen LogP contribution >= 0.6 is 0 Å². The minimum atomic E-state index is -2.96. The SMILES string of the molecule is CC(C)N(CC(N)=NO)C(=O)c1cccc(OC(F)F)c1. The van der Waals surface area contributed by atoms with Gasteiger partial charge in [0.1, 0.15) is 5.75 Å². The fraction of sp³-hybridized carbons (Fsp3) is 0.385. The van der Waals surface area contributed by atoms with Crippen molar-refractivity contribution < 1.29 is 23.5 Å². The highest BCUT2D eigenvalue weighted by Gasteiger charge is 2.20. The molecule has 1 aromatic carbocycles. The summed E-state index contributed by atoms with van der Waals surface area (Å²) >= 11 is 0. The number of carbonyl (C=O) groups is 1. The standard InChI is InChI=1S/C13H17F2N3O3/c1-8(2)18(7-11(16)17-20)12(19)9-4-3-5-10(6-9)21-13(14)15/h3-6,8,13,20H,7H2,1-2H3,(H2,16,17). The molecule has 1 amide bonds. The van der Waals surface area contributed by atoms with Crippen molar-refractivity contribution in [2.24, 2.45) is 10.9 Å². The zero-order valence-electron chi connectivity index (χ0n) is 11.7. The number of hydrogen-bond donors (Lipinski definition) is 2. The van der Waals surface area contributed by atoms with E-state index in [2.05, 4.69) is 9.89 Å². The zero-order valence-corrected chi connectivity index (χ0v) is 11.7. The molecule has 0 aliphatic carbocycles. The van der Waals surface area contributed by atoms with E-state index in [4.69, 9.17) is 10.9 Å². The number of carbonyl (C=O) groups excluding carboxylic acids is 1. The lowest BCUT2D eigenvalue weighted by atomic mass is 10.1. The molecule has 0 fully saturated rings. The molecule has 0 unspecified atom stereocenters. The number of oxime groups is 1. The Labute approximate surface area is 120 Å². The molecule has 0 spiro atoms. The summed E-state index contributed by atoms with van der Waals surface area (Å²) in [7, 11) is 0. The molecule has 0 atom stereocenters. The maximum atomic E-state index is 12.4. The van der Waals surface area contributed by atoms with Gasteiger partial charge in [0, 0.05) is 11.6 Å². The van der Waals surface area contributed by atoms with Gasteiger partial charge in [-0.1, -0.05) is 11.2 Å². The van der Waals surface area contributed by atoms with E-state index in [1.165, 1.54) is 29.2 Å². The molecule has 6 nitrogen and oxygen atoms in total. The van der Waals surface area contributed by atoms with E-state index >= 15 is 0 Å². The topological polar surface area (TPSA) is 88.1 Å². The van der Waals surface area contributed by atoms with Crippen molar-refractivity contribution in [3.63, 3.8) is 0 Å². The van der Waals surface area contributed by atoms with Crippen LogP contribution in [-0.4, -0.2) is 41.0 Å². The summed E-state index contributed by atoms with van der Waals surface area (Å²) < 4.78 is 28.6. The number of nitrogens with two attached hydrogens (primary N) is 1. The number of benzene rings is 1. The number of hydrogen-bond acceptors (Lipinski definition) is 4. The number of halogens is 2. The highest BCUT2D eigenvalue weighted by Crippen LogP contribution is 2.18. The molecule has 0 aromatic heterocycles. The van der Waals surface area contributed by atoms with Crippen molar-refractivity contribution in [3.8, 4) is 5.75 Å². The van der Waals surface area contributed by atoms with Crippen LogP contribution in [0.2, 0.25) is 0 Å². The predicted octanol–water partition coefficient (Wildman–Crippen LogP) is 1.88. The van der Waals surface area contributed by atoms with E-state index < -0.39 is 12.5 Å². The van der Waals surface area contributed by atoms with Gasteiger partial charge in [-0.05, 0) is 32.0 Å². The lowest BCUT2D eigenvalue weighted by Crippen LogP contribution is -2.42. The molecule has 1 rings (SSSR count). The highest BCUT2D eigenvalue weighted by atomic mass is 19.3. The smallest absolute Gasteiger partial charge is 0.387 e. The van der Waals surface area contributed by atoms with E-state index in [1.54, 1.807) is 13.8 Å². The lowest BCUT2D eigenvalue weighted by Gasteiger charge is -2.26. The molecule has 0 saturated carbocycles. The monoisotopic (exact) mass is 301 g/mol. The summed E-state index contributed by atoms with van der Waals surface area (Å²) in [6.45, 7) is 0.463. The average Bonchev–Trinajstić information content (AvgIpc) is 2.43. The molecule has 0 radical (unpaired) electrons. The van der Waals surface area contributed by atoms with Gasteiger partial charge < -0.3 is 20.6 Å². The summed E-state index contributed by atoms with van der Waals surface area (Å²) in [4.78, 5) is 13.7. The summed E-state index contributed by atoms with van der Waals surface area (Å²) in [6, 6.07) is 5.23. The third-order valence-electron chi connectivity index (χ3n) is 2.65.